The van der Waals surface area contributed by atoms with Gasteiger partial charge < -0.3 is 4.98 Å². The molecule has 2 aromatic carbocycles. The molecule has 0 bridgehead atoms. The molecule has 0 aliphatic carbocycles. The second kappa shape index (κ2) is 9.87. The van der Waals surface area contributed by atoms with Gasteiger partial charge in [0.15, 0.2) is 5.82 Å². The summed E-state index contributed by atoms with van der Waals surface area (Å²) in [4.78, 5) is 19.2. The maximum atomic E-state index is 4.76. The molecule has 180 valence electrons. The molecule has 0 atom stereocenters. The number of pyridine rings is 1. The number of hydrogen-bond donors (Lipinski definition) is 2. The molecule has 1 aliphatic rings. The van der Waals surface area contributed by atoms with Gasteiger partial charge in [-0.05, 0) is 61.7 Å². The molecule has 7 nitrogen and oxygen atoms in total. The number of nitrogens with zero attached hydrogens (tertiary/aromatic N) is 5. The molecule has 1 aliphatic heterocycles. The van der Waals surface area contributed by atoms with Crippen LogP contribution in [-0.2, 0) is 6.54 Å². The van der Waals surface area contributed by atoms with E-state index in [-0.39, 0.29) is 0 Å². The van der Waals surface area contributed by atoms with Crippen LogP contribution in [-0.4, -0.2) is 48.1 Å². The summed E-state index contributed by atoms with van der Waals surface area (Å²) < 4.78 is 0. The largest absolute Gasteiger partial charge is 0.345 e. The summed E-state index contributed by atoms with van der Waals surface area (Å²) in [5.74, 6) is 2.08. The van der Waals surface area contributed by atoms with Crippen molar-refractivity contribution < 1.29 is 0 Å². The smallest absolute Gasteiger partial charge is 0.199 e. The van der Waals surface area contributed by atoms with Gasteiger partial charge in [0, 0.05) is 23.7 Å². The van der Waals surface area contributed by atoms with Gasteiger partial charge in [-0.25, -0.2) is 15.0 Å². The first-order valence-electron chi connectivity index (χ1n) is 12.5. The minimum atomic E-state index is 0.411. The van der Waals surface area contributed by atoms with Crippen molar-refractivity contribution in [2.24, 2.45) is 0 Å². The minimum absolute atomic E-state index is 0.411. The van der Waals surface area contributed by atoms with Crippen molar-refractivity contribution >= 4 is 0 Å². The summed E-state index contributed by atoms with van der Waals surface area (Å²) in [5, 5.41) is 7.60. The summed E-state index contributed by atoms with van der Waals surface area (Å²) in [6.07, 6.45) is 5.74. The lowest BCUT2D eigenvalue weighted by atomic mass is 9.95. The van der Waals surface area contributed by atoms with Crippen LogP contribution in [0.2, 0.25) is 0 Å². The van der Waals surface area contributed by atoms with Gasteiger partial charge >= 0.3 is 0 Å². The van der Waals surface area contributed by atoms with Crippen LogP contribution in [0.4, 0.5) is 0 Å². The molecule has 0 radical (unpaired) electrons. The summed E-state index contributed by atoms with van der Waals surface area (Å²) in [6, 6.07) is 23.4. The zero-order chi connectivity index (χ0) is 24.3. The molecule has 7 heteroatoms. The third kappa shape index (κ3) is 4.70. The van der Waals surface area contributed by atoms with E-state index >= 15 is 0 Å². The van der Waals surface area contributed by atoms with E-state index in [2.05, 4.69) is 78.6 Å². The number of nitrogens with one attached hydrogen (secondary N) is 2. The number of H-pyrrole nitrogens is 2. The van der Waals surface area contributed by atoms with Gasteiger partial charge in [0.25, 0.3) is 0 Å². The summed E-state index contributed by atoms with van der Waals surface area (Å²) in [6.45, 7) is 5.05. The Morgan fingerprint density at radius 1 is 0.889 bits per heavy atom. The predicted molar refractivity (Wildman–Crippen MR) is 141 cm³/mol. The van der Waals surface area contributed by atoms with Crippen molar-refractivity contribution in [1.29, 1.82) is 0 Å². The SMILES string of the molecule is Cc1cccc(-c2n[nH]c(C3CCN(Cc4ccc(-c5ccccc5-c5cnc[nH]5)cc4)CC3)n2)n1. The Labute approximate surface area is 210 Å². The third-order valence-electron chi connectivity index (χ3n) is 6.98. The Morgan fingerprint density at radius 3 is 2.44 bits per heavy atom. The van der Waals surface area contributed by atoms with Crippen LogP contribution in [0.5, 0.6) is 0 Å². The molecule has 1 saturated heterocycles. The van der Waals surface area contributed by atoms with E-state index in [1.165, 1.54) is 22.3 Å². The van der Waals surface area contributed by atoms with E-state index in [1.807, 2.05) is 31.3 Å². The number of likely N-dealkylation sites (tertiary alicyclic amines) is 1. The molecule has 0 unspecified atom stereocenters. The van der Waals surface area contributed by atoms with E-state index in [4.69, 9.17) is 4.98 Å². The number of benzene rings is 2. The number of hydrogen-bond acceptors (Lipinski definition) is 5. The Bertz CT molecular complexity index is 1430. The average molecular weight is 476 g/mol. The quantitative estimate of drug-likeness (QED) is 0.333. The molecule has 0 saturated carbocycles. The fourth-order valence-electron chi connectivity index (χ4n) is 5.02. The lowest BCUT2D eigenvalue weighted by Crippen LogP contribution is -2.32. The van der Waals surface area contributed by atoms with Crippen LogP contribution < -0.4 is 0 Å². The second-order valence-corrected chi connectivity index (χ2v) is 9.47. The molecule has 6 rings (SSSR count). The van der Waals surface area contributed by atoms with Crippen LogP contribution in [0.25, 0.3) is 33.9 Å². The molecular weight excluding hydrogens is 446 g/mol. The molecule has 2 N–H and O–H groups in total. The summed E-state index contributed by atoms with van der Waals surface area (Å²) in [5.41, 5.74) is 7.76. The molecule has 5 aromatic rings. The van der Waals surface area contributed by atoms with Gasteiger partial charge in [-0.2, -0.15) is 5.10 Å². The van der Waals surface area contributed by atoms with Crippen LogP contribution in [0, 0.1) is 6.92 Å². The maximum Gasteiger partial charge on any atom is 0.199 e. The lowest BCUT2D eigenvalue weighted by Gasteiger charge is -2.31. The van der Waals surface area contributed by atoms with Gasteiger partial charge in [-0.1, -0.05) is 54.6 Å². The molecule has 36 heavy (non-hydrogen) atoms. The molecule has 0 spiro atoms. The number of aromatic nitrogens is 6. The molecule has 1 fully saturated rings. The van der Waals surface area contributed by atoms with Crippen LogP contribution in [0.1, 0.15) is 35.8 Å². The predicted octanol–water partition coefficient (Wildman–Crippen LogP) is 5.61. The number of aryl methyl sites for hydroxylation is 1. The third-order valence-corrected chi connectivity index (χ3v) is 6.98. The fourth-order valence-corrected chi connectivity index (χ4v) is 5.02. The van der Waals surface area contributed by atoms with Crippen LogP contribution >= 0.6 is 0 Å². The van der Waals surface area contributed by atoms with Crippen molar-refractivity contribution in [2.45, 2.75) is 32.2 Å². The zero-order valence-electron chi connectivity index (χ0n) is 20.4. The van der Waals surface area contributed by atoms with Crippen molar-refractivity contribution in [1.82, 2.24) is 35.0 Å². The molecule has 4 heterocycles. The first-order valence-corrected chi connectivity index (χ1v) is 12.5. The number of aromatic amines is 2. The first-order chi connectivity index (χ1) is 17.7. The molecular formula is C29H29N7. The van der Waals surface area contributed by atoms with E-state index in [0.717, 1.165) is 55.4 Å². The second-order valence-electron chi connectivity index (χ2n) is 9.47. The van der Waals surface area contributed by atoms with E-state index in [9.17, 15) is 0 Å². The Hall–Kier alpha value is -4.10. The van der Waals surface area contributed by atoms with Gasteiger partial charge in [0.05, 0.1) is 18.2 Å². The Morgan fingerprint density at radius 2 is 1.69 bits per heavy atom. The van der Waals surface area contributed by atoms with Crippen molar-refractivity contribution in [2.75, 3.05) is 13.1 Å². The molecule has 0 amide bonds. The van der Waals surface area contributed by atoms with E-state index in [0.29, 0.717) is 11.7 Å². The first kappa shape index (κ1) is 22.4. The highest BCUT2D eigenvalue weighted by Crippen LogP contribution is 2.31. The highest BCUT2D eigenvalue weighted by molar-refractivity contribution is 5.81. The van der Waals surface area contributed by atoms with Gasteiger partial charge in [-0.3, -0.25) is 10.00 Å². The van der Waals surface area contributed by atoms with Crippen molar-refractivity contribution in [3.05, 3.63) is 96.3 Å². The van der Waals surface area contributed by atoms with Crippen LogP contribution in [0.15, 0.2) is 79.3 Å². The minimum Gasteiger partial charge on any atom is -0.345 e. The Kier molecular flexibility index (Phi) is 6.13. The maximum absolute atomic E-state index is 4.76. The lowest BCUT2D eigenvalue weighted by molar-refractivity contribution is 0.202. The van der Waals surface area contributed by atoms with Gasteiger partial charge in [0.1, 0.15) is 11.5 Å². The van der Waals surface area contributed by atoms with Crippen molar-refractivity contribution in [3.8, 4) is 33.9 Å². The average Bonchev–Trinajstić information content (AvgIpc) is 3.63. The highest BCUT2D eigenvalue weighted by atomic mass is 15.2. The zero-order valence-corrected chi connectivity index (χ0v) is 20.4. The fraction of sp³-hybridized carbons (Fsp3) is 0.241. The van der Waals surface area contributed by atoms with Gasteiger partial charge in [0.2, 0.25) is 0 Å². The number of piperidine rings is 1. The topological polar surface area (TPSA) is 86.4 Å². The van der Waals surface area contributed by atoms with E-state index in [1.54, 1.807) is 6.33 Å². The Balaban J connectivity index is 1.08. The number of rotatable bonds is 6. The standard InChI is InChI=1S/C29H29N7/c1-20-5-4-8-26(32-20)29-33-28(34-35-29)23-13-15-36(16-14-23)18-21-9-11-22(12-10-21)24-6-2-3-7-25(24)27-17-30-19-31-27/h2-12,17,19,23H,13-16,18H2,1H3,(H,30,31)(H,33,34,35). The van der Waals surface area contributed by atoms with E-state index < -0.39 is 0 Å². The van der Waals surface area contributed by atoms with Crippen LogP contribution in [0.3, 0.4) is 0 Å². The van der Waals surface area contributed by atoms with Gasteiger partial charge in [-0.15, -0.1) is 0 Å². The monoisotopic (exact) mass is 475 g/mol. The van der Waals surface area contributed by atoms with Crippen molar-refractivity contribution in [3.63, 3.8) is 0 Å². The summed E-state index contributed by atoms with van der Waals surface area (Å²) in [7, 11) is 0. The summed E-state index contributed by atoms with van der Waals surface area (Å²) >= 11 is 0. The normalized spacial score (nSPS) is 14.8. The molecule has 3 aromatic heterocycles. The highest BCUT2D eigenvalue weighted by Gasteiger charge is 2.24. The number of imidazole rings is 1.